The van der Waals surface area contributed by atoms with Gasteiger partial charge in [0, 0.05) is 18.4 Å². The van der Waals surface area contributed by atoms with Crippen molar-refractivity contribution in [3.8, 4) is 5.69 Å². The predicted molar refractivity (Wildman–Crippen MR) is 83.2 cm³/mol. The van der Waals surface area contributed by atoms with Crippen LogP contribution in [-0.2, 0) is 0 Å². The Labute approximate surface area is 121 Å². The molecule has 0 spiro atoms. The predicted octanol–water partition coefficient (Wildman–Crippen LogP) is 4.11. The zero-order chi connectivity index (χ0) is 13.9. The summed E-state index contributed by atoms with van der Waals surface area (Å²) in [5.74, 6) is 1.63. The summed E-state index contributed by atoms with van der Waals surface area (Å²) in [6.45, 7) is 4.73. The van der Waals surface area contributed by atoms with Gasteiger partial charge >= 0.3 is 0 Å². The second kappa shape index (κ2) is 5.70. The minimum absolute atomic E-state index is 0.575. The lowest BCUT2D eigenvalue weighted by molar-refractivity contribution is 0.281. The molecule has 2 aromatic rings. The van der Waals surface area contributed by atoms with Gasteiger partial charge in [0.05, 0.1) is 11.4 Å². The average molecular weight is 269 g/mol. The van der Waals surface area contributed by atoms with Crippen molar-refractivity contribution in [2.45, 2.75) is 39.2 Å². The van der Waals surface area contributed by atoms with Crippen molar-refractivity contribution in [3.05, 3.63) is 42.7 Å². The van der Waals surface area contributed by atoms with Gasteiger partial charge in [-0.2, -0.15) is 5.10 Å². The van der Waals surface area contributed by atoms with E-state index in [1.54, 1.807) is 0 Å². The van der Waals surface area contributed by atoms with E-state index in [-0.39, 0.29) is 0 Å². The summed E-state index contributed by atoms with van der Waals surface area (Å²) in [5, 5.41) is 8.08. The molecule has 1 fully saturated rings. The molecule has 0 amide bonds. The van der Waals surface area contributed by atoms with Crippen LogP contribution in [0.3, 0.4) is 0 Å². The summed E-state index contributed by atoms with van der Waals surface area (Å²) in [6, 6.07) is 11.0. The van der Waals surface area contributed by atoms with Crippen molar-refractivity contribution >= 4 is 5.69 Å². The number of nitrogens with zero attached hydrogens (tertiary/aromatic N) is 2. The molecule has 3 nitrogen and oxygen atoms in total. The van der Waals surface area contributed by atoms with E-state index >= 15 is 0 Å². The van der Waals surface area contributed by atoms with E-state index in [1.807, 2.05) is 23.1 Å². The molecule has 2 atom stereocenters. The standard InChI is InChI=1S/C17H23N3/c1-13-10-14(2)12-15(11-13)19-16-6-3-4-7-17(16)20-9-5-8-18-20/h3-9,13-15,19H,10-12H2,1-2H3. The Morgan fingerprint density at radius 1 is 1.05 bits per heavy atom. The topological polar surface area (TPSA) is 29.9 Å². The molecular weight excluding hydrogens is 246 g/mol. The Morgan fingerprint density at radius 2 is 1.80 bits per heavy atom. The van der Waals surface area contributed by atoms with E-state index in [9.17, 15) is 0 Å². The molecule has 1 aromatic heterocycles. The Hall–Kier alpha value is -1.77. The summed E-state index contributed by atoms with van der Waals surface area (Å²) in [7, 11) is 0. The van der Waals surface area contributed by atoms with Crippen LogP contribution in [0.1, 0.15) is 33.1 Å². The number of nitrogens with one attached hydrogen (secondary N) is 1. The number of benzene rings is 1. The summed E-state index contributed by atoms with van der Waals surface area (Å²) in [4.78, 5) is 0. The van der Waals surface area contributed by atoms with Gasteiger partial charge in [-0.25, -0.2) is 4.68 Å². The fourth-order valence-electron chi connectivity index (χ4n) is 3.49. The van der Waals surface area contributed by atoms with Gasteiger partial charge in [-0.05, 0) is 49.3 Å². The van der Waals surface area contributed by atoms with Crippen LogP contribution in [0.15, 0.2) is 42.7 Å². The Balaban J connectivity index is 1.81. The molecule has 1 N–H and O–H groups in total. The maximum atomic E-state index is 4.35. The van der Waals surface area contributed by atoms with E-state index < -0.39 is 0 Å². The van der Waals surface area contributed by atoms with Crippen LogP contribution in [0.4, 0.5) is 5.69 Å². The van der Waals surface area contributed by atoms with Gasteiger partial charge in [0.15, 0.2) is 0 Å². The Morgan fingerprint density at radius 3 is 2.50 bits per heavy atom. The highest BCUT2D eigenvalue weighted by atomic mass is 15.3. The first-order valence-electron chi connectivity index (χ1n) is 7.58. The summed E-state index contributed by atoms with van der Waals surface area (Å²) in [5.41, 5.74) is 2.31. The highest BCUT2D eigenvalue weighted by Gasteiger charge is 2.24. The van der Waals surface area contributed by atoms with Gasteiger partial charge in [0.2, 0.25) is 0 Å². The fourth-order valence-corrected chi connectivity index (χ4v) is 3.49. The molecule has 1 aliphatic rings. The summed E-state index contributed by atoms with van der Waals surface area (Å²) >= 11 is 0. The first kappa shape index (κ1) is 13.2. The zero-order valence-corrected chi connectivity index (χ0v) is 12.3. The SMILES string of the molecule is CC1CC(C)CC(Nc2ccccc2-n2cccn2)C1. The largest absolute Gasteiger partial charge is 0.381 e. The third kappa shape index (κ3) is 2.87. The number of anilines is 1. The number of hydrogen-bond donors (Lipinski definition) is 1. The molecule has 0 saturated heterocycles. The van der Waals surface area contributed by atoms with Crippen LogP contribution in [0, 0.1) is 11.8 Å². The molecule has 3 rings (SSSR count). The quantitative estimate of drug-likeness (QED) is 0.908. The van der Waals surface area contributed by atoms with Crippen LogP contribution in [0.25, 0.3) is 5.69 Å². The molecule has 106 valence electrons. The van der Waals surface area contributed by atoms with Crippen LogP contribution in [0.5, 0.6) is 0 Å². The monoisotopic (exact) mass is 269 g/mol. The van der Waals surface area contributed by atoms with Crippen molar-refractivity contribution in [3.63, 3.8) is 0 Å². The van der Waals surface area contributed by atoms with Crippen LogP contribution in [0.2, 0.25) is 0 Å². The highest BCUT2D eigenvalue weighted by molar-refractivity contribution is 5.61. The van der Waals surface area contributed by atoms with Crippen molar-refractivity contribution in [1.82, 2.24) is 9.78 Å². The number of rotatable bonds is 3. The first-order chi connectivity index (χ1) is 9.72. The molecule has 1 aliphatic carbocycles. The van der Waals surface area contributed by atoms with Gasteiger partial charge in [0.1, 0.15) is 0 Å². The molecule has 20 heavy (non-hydrogen) atoms. The number of para-hydroxylation sites is 2. The molecule has 0 bridgehead atoms. The Bertz CT molecular complexity index is 537. The molecule has 0 aliphatic heterocycles. The van der Waals surface area contributed by atoms with Crippen molar-refractivity contribution < 1.29 is 0 Å². The molecule has 1 aromatic carbocycles. The molecule has 1 saturated carbocycles. The van der Waals surface area contributed by atoms with Crippen LogP contribution < -0.4 is 5.32 Å². The summed E-state index contributed by atoms with van der Waals surface area (Å²) < 4.78 is 1.93. The molecule has 2 unspecified atom stereocenters. The van der Waals surface area contributed by atoms with Gasteiger partial charge in [-0.1, -0.05) is 26.0 Å². The zero-order valence-electron chi connectivity index (χ0n) is 12.3. The molecular formula is C17H23N3. The van der Waals surface area contributed by atoms with E-state index in [2.05, 4.69) is 48.5 Å². The molecule has 3 heteroatoms. The molecule has 1 heterocycles. The normalized spacial score (nSPS) is 26.4. The van der Waals surface area contributed by atoms with Crippen molar-refractivity contribution in [2.24, 2.45) is 11.8 Å². The van der Waals surface area contributed by atoms with Crippen molar-refractivity contribution in [1.29, 1.82) is 0 Å². The minimum atomic E-state index is 0.575. The maximum absolute atomic E-state index is 4.35. The fraction of sp³-hybridized carbons (Fsp3) is 0.471. The maximum Gasteiger partial charge on any atom is 0.0876 e. The third-order valence-electron chi connectivity index (χ3n) is 4.19. The van der Waals surface area contributed by atoms with E-state index in [4.69, 9.17) is 0 Å². The highest BCUT2D eigenvalue weighted by Crippen LogP contribution is 2.31. The van der Waals surface area contributed by atoms with Gasteiger partial charge in [-0.3, -0.25) is 0 Å². The molecule has 0 radical (unpaired) electrons. The van der Waals surface area contributed by atoms with Crippen LogP contribution in [-0.4, -0.2) is 15.8 Å². The lowest BCUT2D eigenvalue weighted by Gasteiger charge is -2.33. The van der Waals surface area contributed by atoms with Gasteiger partial charge in [0.25, 0.3) is 0 Å². The number of hydrogen-bond acceptors (Lipinski definition) is 2. The number of aromatic nitrogens is 2. The van der Waals surface area contributed by atoms with E-state index in [0.717, 1.165) is 17.5 Å². The second-order valence-electron chi connectivity index (χ2n) is 6.23. The summed E-state index contributed by atoms with van der Waals surface area (Å²) in [6.07, 6.45) is 7.70. The second-order valence-corrected chi connectivity index (χ2v) is 6.23. The van der Waals surface area contributed by atoms with Gasteiger partial charge < -0.3 is 5.32 Å². The van der Waals surface area contributed by atoms with Gasteiger partial charge in [-0.15, -0.1) is 0 Å². The minimum Gasteiger partial charge on any atom is -0.381 e. The van der Waals surface area contributed by atoms with Crippen molar-refractivity contribution in [2.75, 3.05) is 5.32 Å². The lowest BCUT2D eigenvalue weighted by Crippen LogP contribution is -2.30. The third-order valence-corrected chi connectivity index (χ3v) is 4.19. The lowest BCUT2D eigenvalue weighted by atomic mass is 9.80. The smallest absolute Gasteiger partial charge is 0.0876 e. The van der Waals surface area contributed by atoms with Crippen LogP contribution >= 0.6 is 0 Å². The first-order valence-corrected chi connectivity index (χ1v) is 7.58. The average Bonchev–Trinajstić information content (AvgIpc) is 2.92. The Kier molecular flexibility index (Phi) is 3.77. The van der Waals surface area contributed by atoms with E-state index in [0.29, 0.717) is 6.04 Å². The van der Waals surface area contributed by atoms with E-state index in [1.165, 1.54) is 24.9 Å².